The number of nitrogens with zero attached hydrogens (tertiary/aromatic N) is 4. The zero-order valence-corrected chi connectivity index (χ0v) is 17.4. The number of rotatable bonds is 5. The molecule has 0 spiro atoms. The van der Waals surface area contributed by atoms with Gasteiger partial charge < -0.3 is 30.6 Å². The van der Waals surface area contributed by atoms with Crippen LogP contribution >= 0.6 is 0 Å². The van der Waals surface area contributed by atoms with Crippen molar-refractivity contribution in [2.45, 2.75) is 0 Å². The number of nitrogens with one attached hydrogen (secondary N) is 2. The highest BCUT2D eigenvalue weighted by molar-refractivity contribution is 5.80. The number of piperazine rings is 1. The number of H-pyrrole nitrogens is 1. The molecule has 0 unspecified atom stereocenters. The molecule has 9 heteroatoms. The summed E-state index contributed by atoms with van der Waals surface area (Å²) in [4.78, 5) is 26.8. The van der Waals surface area contributed by atoms with Crippen LogP contribution in [0.3, 0.4) is 0 Å². The summed E-state index contributed by atoms with van der Waals surface area (Å²) in [7, 11) is 0. The molecule has 4 N–H and O–H groups in total. The Balaban J connectivity index is 1.23. The molecule has 3 heterocycles. The summed E-state index contributed by atoms with van der Waals surface area (Å²) in [6.45, 7) is 2.79. The average molecular weight is 429 g/mol. The number of ether oxygens (including phenoxy) is 1. The molecule has 1 fully saturated rings. The summed E-state index contributed by atoms with van der Waals surface area (Å²) in [6.07, 6.45) is 3.37. The second-order valence-corrected chi connectivity index (χ2v) is 7.55. The van der Waals surface area contributed by atoms with Crippen molar-refractivity contribution in [2.24, 2.45) is 5.73 Å². The molecule has 0 atom stereocenters. The second-order valence-electron chi connectivity index (χ2n) is 7.55. The molecule has 0 bridgehead atoms. The van der Waals surface area contributed by atoms with Gasteiger partial charge in [0.2, 0.25) is 5.88 Å². The van der Waals surface area contributed by atoms with Gasteiger partial charge in [-0.15, -0.1) is 0 Å². The van der Waals surface area contributed by atoms with Gasteiger partial charge in [0.15, 0.2) is 0 Å². The quantitative estimate of drug-likeness (QED) is 0.446. The van der Waals surface area contributed by atoms with Crippen LogP contribution in [0.5, 0.6) is 11.6 Å². The molecule has 0 aliphatic carbocycles. The molecule has 2 aromatic carbocycles. The Bertz CT molecular complexity index is 1230. The maximum Gasteiger partial charge on any atom is 0.314 e. The van der Waals surface area contributed by atoms with E-state index >= 15 is 0 Å². The van der Waals surface area contributed by atoms with Crippen molar-refractivity contribution in [3.63, 3.8) is 0 Å². The Labute approximate surface area is 184 Å². The van der Waals surface area contributed by atoms with Gasteiger partial charge in [0, 0.05) is 60.7 Å². The standard InChI is InChI=1S/C23H23N7O2/c24-23(31)30-11-9-29(10-12-30)18-3-1-17(2-4-18)28-21-14-22(27-15-26-21)32-19-5-6-20-16(13-19)7-8-25-20/h1-8,13-15,25H,9-12H2,(H2,24,31)(H,26,27,28). The highest BCUT2D eigenvalue weighted by Crippen LogP contribution is 2.26. The Morgan fingerprint density at radius 2 is 1.81 bits per heavy atom. The minimum absolute atomic E-state index is 0.359. The summed E-state index contributed by atoms with van der Waals surface area (Å²) in [5, 5.41) is 4.36. The lowest BCUT2D eigenvalue weighted by Crippen LogP contribution is -2.50. The molecule has 1 saturated heterocycles. The van der Waals surface area contributed by atoms with E-state index in [1.165, 1.54) is 6.33 Å². The number of urea groups is 1. The Kier molecular flexibility index (Phi) is 5.20. The van der Waals surface area contributed by atoms with Gasteiger partial charge in [-0.05, 0) is 48.5 Å². The second kappa shape index (κ2) is 8.46. The smallest absolute Gasteiger partial charge is 0.314 e. The third-order valence-electron chi connectivity index (χ3n) is 5.49. The first-order valence-electron chi connectivity index (χ1n) is 10.4. The SMILES string of the molecule is NC(=O)N1CCN(c2ccc(Nc3cc(Oc4ccc5[nH]ccc5c4)ncn3)cc2)CC1. The lowest BCUT2D eigenvalue weighted by molar-refractivity contribution is 0.204. The largest absolute Gasteiger partial charge is 0.439 e. The predicted molar refractivity (Wildman–Crippen MR) is 123 cm³/mol. The van der Waals surface area contributed by atoms with Crippen molar-refractivity contribution in [1.29, 1.82) is 0 Å². The van der Waals surface area contributed by atoms with Crippen molar-refractivity contribution < 1.29 is 9.53 Å². The number of anilines is 3. The lowest BCUT2D eigenvalue weighted by atomic mass is 10.2. The number of hydrogen-bond donors (Lipinski definition) is 3. The van der Waals surface area contributed by atoms with Crippen LogP contribution in [0.25, 0.3) is 10.9 Å². The number of fused-ring (bicyclic) bond motifs is 1. The van der Waals surface area contributed by atoms with Crippen molar-refractivity contribution in [2.75, 3.05) is 36.4 Å². The van der Waals surface area contributed by atoms with E-state index in [1.807, 2.05) is 54.7 Å². The van der Waals surface area contributed by atoms with E-state index in [-0.39, 0.29) is 6.03 Å². The third-order valence-corrected chi connectivity index (χ3v) is 5.49. The minimum Gasteiger partial charge on any atom is -0.439 e. The fourth-order valence-corrected chi connectivity index (χ4v) is 3.77. The van der Waals surface area contributed by atoms with Gasteiger partial charge in [0.05, 0.1) is 0 Å². The molecule has 0 saturated carbocycles. The molecule has 2 aromatic heterocycles. The van der Waals surface area contributed by atoms with Crippen molar-refractivity contribution in [3.8, 4) is 11.6 Å². The summed E-state index contributed by atoms with van der Waals surface area (Å²) in [5.41, 5.74) is 8.42. The Morgan fingerprint density at radius 1 is 1.00 bits per heavy atom. The highest BCUT2D eigenvalue weighted by atomic mass is 16.5. The van der Waals surface area contributed by atoms with Crippen LogP contribution in [-0.2, 0) is 0 Å². The maximum atomic E-state index is 11.3. The monoisotopic (exact) mass is 429 g/mol. The molecule has 4 aromatic rings. The molecule has 1 aliphatic rings. The molecule has 5 rings (SSSR count). The Morgan fingerprint density at radius 3 is 2.59 bits per heavy atom. The van der Waals surface area contributed by atoms with Crippen LogP contribution < -0.4 is 20.7 Å². The van der Waals surface area contributed by atoms with E-state index in [0.717, 1.165) is 35.4 Å². The van der Waals surface area contributed by atoms with Crippen LogP contribution in [0, 0.1) is 0 Å². The molecule has 32 heavy (non-hydrogen) atoms. The summed E-state index contributed by atoms with van der Waals surface area (Å²) >= 11 is 0. The lowest BCUT2D eigenvalue weighted by Gasteiger charge is -2.35. The van der Waals surface area contributed by atoms with Gasteiger partial charge in [0.25, 0.3) is 0 Å². The first-order valence-corrected chi connectivity index (χ1v) is 10.4. The molecule has 0 radical (unpaired) electrons. The van der Waals surface area contributed by atoms with Gasteiger partial charge in [-0.1, -0.05) is 0 Å². The topological polar surface area (TPSA) is 112 Å². The zero-order valence-electron chi connectivity index (χ0n) is 17.4. The number of aromatic nitrogens is 3. The average Bonchev–Trinajstić information content (AvgIpc) is 3.28. The highest BCUT2D eigenvalue weighted by Gasteiger charge is 2.19. The van der Waals surface area contributed by atoms with E-state index in [2.05, 4.69) is 25.2 Å². The first kappa shape index (κ1) is 19.7. The van der Waals surface area contributed by atoms with Crippen LogP contribution in [0.1, 0.15) is 0 Å². The van der Waals surface area contributed by atoms with Crippen LogP contribution in [0.2, 0.25) is 0 Å². The van der Waals surface area contributed by atoms with Crippen LogP contribution in [-0.4, -0.2) is 52.1 Å². The number of benzene rings is 2. The fraction of sp³-hybridized carbons (Fsp3) is 0.174. The minimum atomic E-state index is -0.359. The summed E-state index contributed by atoms with van der Waals surface area (Å²) < 4.78 is 5.91. The fourth-order valence-electron chi connectivity index (χ4n) is 3.77. The van der Waals surface area contributed by atoms with E-state index < -0.39 is 0 Å². The normalized spacial score (nSPS) is 13.9. The van der Waals surface area contributed by atoms with Crippen molar-refractivity contribution in [1.82, 2.24) is 19.9 Å². The van der Waals surface area contributed by atoms with Gasteiger partial charge in [-0.2, -0.15) is 0 Å². The van der Waals surface area contributed by atoms with Crippen molar-refractivity contribution >= 4 is 34.1 Å². The number of primary amides is 1. The van der Waals surface area contributed by atoms with Crippen LogP contribution in [0.4, 0.5) is 22.0 Å². The van der Waals surface area contributed by atoms with Gasteiger partial charge in [0.1, 0.15) is 17.9 Å². The van der Waals surface area contributed by atoms with Gasteiger partial charge in [-0.3, -0.25) is 0 Å². The van der Waals surface area contributed by atoms with E-state index in [0.29, 0.717) is 30.5 Å². The number of nitrogens with two attached hydrogens (primary N) is 1. The molecular formula is C23H23N7O2. The number of carbonyl (C=O) groups excluding carboxylic acids is 1. The summed E-state index contributed by atoms with van der Waals surface area (Å²) in [5.74, 6) is 1.81. The molecule has 9 nitrogen and oxygen atoms in total. The van der Waals surface area contributed by atoms with Crippen molar-refractivity contribution in [3.05, 3.63) is 67.1 Å². The summed E-state index contributed by atoms with van der Waals surface area (Å²) in [6, 6.07) is 17.3. The molecular weight excluding hydrogens is 406 g/mol. The number of aromatic amines is 1. The third kappa shape index (κ3) is 4.27. The number of hydrogen-bond acceptors (Lipinski definition) is 6. The van der Waals surface area contributed by atoms with E-state index in [1.54, 1.807) is 11.0 Å². The first-order chi connectivity index (χ1) is 15.6. The van der Waals surface area contributed by atoms with Gasteiger partial charge >= 0.3 is 6.03 Å². The van der Waals surface area contributed by atoms with E-state index in [9.17, 15) is 4.79 Å². The molecule has 1 aliphatic heterocycles. The predicted octanol–water partition coefficient (Wildman–Crippen LogP) is 3.69. The zero-order chi connectivity index (χ0) is 21.9. The van der Waals surface area contributed by atoms with Gasteiger partial charge in [-0.25, -0.2) is 14.8 Å². The van der Waals surface area contributed by atoms with Crippen LogP contribution in [0.15, 0.2) is 67.1 Å². The number of amides is 2. The van der Waals surface area contributed by atoms with E-state index in [4.69, 9.17) is 10.5 Å². The maximum absolute atomic E-state index is 11.3. The number of carbonyl (C=O) groups is 1. The molecule has 162 valence electrons. The Hall–Kier alpha value is -4.27. The molecule has 2 amide bonds.